The SMILES string of the molecule is CS(=O)(=O)c1ccc(NC(=O)c2ccccc2N2CCN(C(=O)CN3CCc4cccnc43)CC2)cc1. The van der Waals surface area contributed by atoms with Crippen LogP contribution in [0.5, 0.6) is 0 Å². The number of nitrogens with zero attached hydrogens (tertiary/aromatic N) is 4. The molecule has 0 bridgehead atoms. The van der Waals surface area contributed by atoms with Crippen LogP contribution in [-0.2, 0) is 21.1 Å². The van der Waals surface area contributed by atoms with Crippen LogP contribution in [0.1, 0.15) is 15.9 Å². The number of carbonyl (C=O) groups is 2. The van der Waals surface area contributed by atoms with Gasteiger partial charge in [-0.2, -0.15) is 0 Å². The van der Waals surface area contributed by atoms with E-state index in [1.807, 2.05) is 34.1 Å². The molecule has 10 heteroatoms. The molecule has 1 aromatic heterocycles. The van der Waals surface area contributed by atoms with Crippen molar-refractivity contribution in [2.45, 2.75) is 11.3 Å². The molecule has 1 N–H and O–H groups in total. The lowest BCUT2D eigenvalue weighted by molar-refractivity contribution is -0.130. The number of anilines is 3. The van der Waals surface area contributed by atoms with Gasteiger partial charge in [-0.3, -0.25) is 9.59 Å². The van der Waals surface area contributed by atoms with Crippen LogP contribution in [0.15, 0.2) is 71.8 Å². The van der Waals surface area contributed by atoms with Crippen molar-refractivity contribution < 1.29 is 18.0 Å². The summed E-state index contributed by atoms with van der Waals surface area (Å²) >= 11 is 0. The fraction of sp³-hybridized carbons (Fsp3) is 0.296. The van der Waals surface area contributed by atoms with E-state index in [0.717, 1.165) is 30.7 Å². The normalized spacial score (nSPS) is 15.4. The quantitative estimate of drug-likeness (QED) is 0.534. The number of aromatic nitrogens is 1. The third kappa shape index (κ3) is 5.43. The molecule has 1 fully saturated rings. The largest absolute Gasteiger partial charge is 0.367 e. The minimum atomic E-state index is -3.31. The van der Waals surface area contributed by atoms with Crippen molar-refractivity contribution in [3.63, 3.8) is 0 Å². The smallest absolute Gasteiger partial charge is 0.257 e. The second-order valence-electron chi connectivity index (χ2n) is 9.29. The Morgan fingerprint density at radius 1 is 0.919 bits per heavy atom. The first-order valence-electron chi connectivity index (χ1n) is 12.2. The summed E-state index contributed by atoms with van der Waals surface area (Å²) in [4.78, 5) is 36.8. The van der Waals surface area contributed by atoms with Crippen LogP contribution in [0.4, 0.5) is 17.2 Å². The summed E-state index contributed by atoms with van der Waals surface area (Å²) in [5.41, 5.74) is 3.02. The lowest BCUT2D eigenvalue weighted by Crippen LogP contribution is -2.51. The molecule has 0 unspecified atom stereocenters. The Morgan fingerprint density at radius 2 is 1.65 bits per heavy atom. The highest BCUT2D eigenvalue weighted by Crippen LogP contribution is 2.26. The van der Waals surface area contributed by atoms with Crippen molar-refractivity contribution in [2.75, 3.05) is 60.6 Å². The molecule has 9 nitrogen and oxygen atoms in total. The zero-order valence-corrected chi connectivity index (χ0v) is 21.4. The van der Waals surface area contributed by atoms with E-state index in [1.165, 1.54) is 17.7 Å². The average molecular weight is 520 g/mol. The Balaban J connectivity index is 1.21. The average Bonchev–Trinajstić information content (AvgIpc) is 3.31. The van der Waals surface area contributed by atoms with Crippen LogP contribution in [0.25, 0.3) is 0 Å². The van der Waals surface area contributed by atoms with Gasteiger partial charge >= 0.3 is 0 Å². The summed E-state index contributed by atoms with van der Waals surface area (Å²) in [5, 5.41) is 2.86. The minimum Gasteiger partial charge on any atom is -0.367 e. The fourth-order valence-electron chi connectivity index (χ4n) is 4.81. The maximum absolute atomic E-state index is 13.1. The van der Waals surface area contributed by atoms with Gasteiger partial charge in [0, 0.05) is 56.6 Å². The van der Waals surface area contributed by atoms with Gasteiger partial charge in [0.2, 0.25) is 5.91 Å². The van der Waals surface area contributed by atoms with Crippen LogP contribution in [0, 0.1) is 0 Å². The van der Waals surface area contributed by atoms with Gasteiger partial charge in [-0.25, -0.2) is 13.4 Å². The maximum Gasteiger partial charge on any atom is 0.257 e. The molecule has 192 valence electrons. The summed E-state index contributed by atoms with van der Waals surface area (Å²) in [7, 11) is -3.31. The molecule has 2 aliphatic rings. The topological polar surface area (TPSA) is 103 Å². The van der Waals surface area contributed by atoms with Gasteiger partial charge in [-0.15, -0.1) is 0 Å². The molecular weight excluding hydrogens is 490 g/mol. The highest BCUT2D eigenvalue weighted by molar-refractivity contribution is 7.90. The highest BCUT2D eigenvalue weighted by atomic mass is 32.2. The molecular formula is C27H29N5O4S. The molecule has 0 spiro atoms. The van der Waals surface area contributed by atoms with Gasteiger partial charge in [0.1, 0.15) is 5.82 Å². The molecule has 2 amide bonds. The number of hydrogen-bond acceptors (Lipinski definition) is 7. The summed E-state index contributed by atoms with van der Waals surface area (Å²) < 4.78 is 23.4. The van der Waals surface area contributed by atoms with Crippen molar-refractivity contribution in [2.24, 2.45) is 0 Å². The fourth-order valence-corrected chi connectivity index (χ4v) is 5.44. The van der Waals surface area contributed by atoms with E-state index in [-0.39, 0.29) is 16.7 Å². The van der Waals surface area contributed by atoms with Crippen molar-refractivity contribution in [3.05, 3.63) is 78.0 Å². The first-order chi connectivity index (χ1) is 17.8. The zero-order valence-electron chi connectivity index (χ0n) is 20.6. The zero-order chi connectivity index (χ0) is 26.0. The molecule has 5 rings (SSSR count). The lowest BCUT2D eigenvalue weighted by atomic mass is 10.1. The van der Waals surface area contributed by atoms with E-state index in [9.17, 15) is 18.0 Å². The van der Waals surface area contributed by atoms with E-state index in [2.05, 4.69) is 21.3 Å². The van der Waals surface area contributed by atoms with E-state index in [1.54, 1.807) is 24.4 Å². The third-order valence-corrected chi connectivity index (χ3v) is 7.93. The molecule has 3 aromatic rings. The number of benzene rings is 2. The number of nitrogens with one attached hydrogen (secondary N) is 1. The van der Waals surface area contributed by atoms with Gasteiger partial charge in [0.25, 0.3) is 5.91 Å². The number of piperazine rings is 1. The van der Waals surface area contributed by atoms with Crippen LogP contribution in [0.2, 0.25) is 0 Å². The predicted octanol–water partition coefficient (Wildman–Crippen LogP) is 2.45. The first kappa shape index (κ1) is 24.8. The second kappa shape index (κ2) is 10.2. The summed E-state index contributed by atoms with van der Waals surface area (Å²) in [5.74, 6) is 0.712. The van der Waals surface area contributed by atoms with Crippen LogP contribution >= 0.6 is 0 Å². The number of carbonyl (C=O) groups excluding carboxylic acids is 2. The van der Waals surface area contributed by atoms with Crippen molar-refractivity contribution in [3.8, 4) is 0 Å². The summed E-state index contributed by atoms with van der Waals surface area (Å²) in [6, 6.07) is 17.5. The van der Waals surface area contributed by atoms with E-state index in [0.29, 0.717) is 44.0 Å². The highest BCUT2D eigenvalue weighted by Gasteiger charge is 2.27. The third-order valence-electron chi connectivity index (χ3n) is 6.81. The van der Waals surface area contributed by atoms with Gasteiger partial charge in [-0.1, -0.05) is 18.2 Å². The van der Waals surface area contributed by atoms with E-state index < -0.39 is 9.84 Å². The lowest BCUT2D eigenvalue weighted by Gasteiger charge is -2.37. The second-order valence-corrected chi connectivity index (χ2v) is 11.3. The Bertz CT molecular complexity index is 1420. The molecule has 3 heterocycles. The molecule has 37 heavy (non-hydrogen) atoms. The Hall–Kier alpha value is -3.92. The number of fused-ring (bicyclic) bond motifs is 1. The van der Waals surface area contributed by atoms with Crippen LogP contribution in [-0.4, -0.2) is 75.6 Å². The molecule has 0 aliphatic carbocycles. The van der Waals surface area contributed by atoms with Crippen LogP contribution in [0.3, 0.4) is 0 Å². The number of rotatable bonds is 6. The van der Waals surface area contributed by atoms with Crippen molar-refractivity contribution >= 4 is 38.8 Å². The molecule has 0 atom stereocenters. The molecule has 1 saturated heterocycles. The minimum absolute atomic E-state index is 0.0849. The van der Waals surface area contributed by atoms with Crippen molar-refractivity contribution in [1.29, 1.82) is 0 Å². The molecule has 2 aliphatic heterocycles. The number of sulfone groups is 1. The Labute approximate surface area is 216 Å². The molecule has 0 saturated carbocycles. The van der Waals surface area contributed by atoms with E-state index >= 15 is 0 Å². The maximum atomic E-state index is 13.1. The monoisotopic (exact) mass is 519 g/mol. The first-order valence-corrected chi connectivity index (χ1v) is 14.1. The number of amides is 2. The van der Waals surface area contributed by atoms with Crippen LogP contribution < -0.4 is 15.1 Å². The van der Waals surface area contributed by atoms with E-state index in [4.69, 9.17) is 0 Å². The summed E-state index contributed by atoms with van der Waals surface area (Å²) in [6.45, 7) is 3.51. The van der Waals surface area contributed by atoms with Gasteiger partial charge in [0.15, 0.2) is 9.84 Å². The number of para-hydroxylation sites is 1. The van der Waals surface area contributed by atoms with Gasteiger partial charge in [-0.05, 0) is 54.4 Å². The summed E-state index contributed by atoms with van der Waals surface area (Å²) in [6.07, 6.45) is 3.82. The standard InChI is InChI=1S/C27H29N5O4S/c1-37(35,36)22-10-8-21(9-11-22)29-27(34)23-6-2-3-7-24(23)30-15-17-31(18-16-30)25(33)19-32-14-12-20-5-4-13-28-26(20)32/h2-11,13H,12,14-19H2,1H3,(H,29,34). The Kier molecular flexibility index (Phi) is 6.84. The predicted molar refractivity (Wildman–Crippen MR) is 143 cm³/mol. The Morgan fingerprint density at radius 3 is 2.38 bits per heavy atom. The van der Waals surface area contributed by atoms with Crippen molar-refractivity contribution in [1.82, 2.24) is 9.88 Å². The number of hydrogen-bond donors (Lipinski definition) is 1. The van der Waals surface area contributed by atoms with Gasteiger partial charge < -0.3 is 20.0 Å². The molecule has 0 radical (unpaired) electrons. The van der Waals surface area contributed by atoms with Gasteiger partial charge in [0.05, 0.1) is 17.0 Å². The number of pyridine rings is 1. The molecule has 2 aromatic carbocycles.